The molecule has 1 N–H and O–H groups in total. The molecule has 2 aliphatic rings. The largest absolute Gasteiger partial charge is 0.345 e. The van der Waals surface area contributed by atoms with E-state index < -0.39 is 12.1 Å². The van der Waals surface area contributed by atoms with E-state index in [2.05, 4.69) is 0 Å². The molecule has 0 spiro atoms. The van der Waals surface area contributed by atoms with Gasteiger partial charge in [-0.05, 0) is 25.0 Å². The van der Waals surface area contributed by atoms with E-state index in [4.69, 9.17) is 18.9 Å². The van der Waals surface area contributed by atoms with Crippen molar-refractivity contribution in [1.82, 2.24) is 5.06 Å². The fraction of sp³-hybridized carbons (Fsp3) is 0.455. The summed E-state index contributed by atoms with van der Waals surface area (Å²) in [6.45, 7) is 4.92. The molecule has 0 aromatic heterocycles. The summed E-state index contributed by atoms with van der Waals surface area (Å²) in [6.07, 6.45) is -1.50. The molecule has 2 saturated heterocycles. The Bertz CT molecular complexity index is 754. The first-order valence-electron chi connectivity index (χ1n) is 9.64. The lowest BCUT2D eigenvalue weighted by Crippen LogP contribution is -2.38. The average Bonchev–Trinajstić information content (AvgIpc) is 3.15. The zero-order valence-corrected chi connectivity index (χ0v) is 16.2. The quantitative estimate of drug-likeness (QED) is 0.738. The van der Waals surface area contributed by atoms with Gasteiger partial charge in [-0.25, -0.2) is 0 Å². The van der Waals surface area contributed by atoms with Crippen LogP contribution in [0.1, 0.15) is 25.0 Å². The van der Waals surface area contributed by atoms with E-state index in [-0.39, 0.29) is 18.3 Å². The monoisotopic (exact) mass is 385 g/mol. The van der Waals surface area contributed by atoms with Crippen molar-refractivity contribution in [2.24, 2.45) is 0 Å². The molecule has 2 aliphatic heterocycles. The van der Waals surface area contributed by atoms with Gasteiger partial charge in [0.2, 0.25) is 0 Å². The molecule has 28 heavy (non-hydrogen) atoms. The molecule has 2 heterocycles. The van der Waals surface area contributed by atoms with Crippen LogP contribution in [0.3, 0.4) is 0 Å². The molecule has 2 fully saturated rings. The molecule has 4 atom stereocenters. The maximum Gasteiger partial charge on any atom is 0.187 e. The second kappa shape index (κ2) is 8.29. The summed E-state index contributed by atoms with van der Waals surface area (Å²) in [6, 6.07) is 19.8. The Labute approximate surface area is 165 Å². The number of hydrogen-bond donors (Lipinski definition) is 1. The first kappa shape index (κ1) is 19.5. The van der Waals surface area contributed by atoms with Gasteiger partial charge in [0.1, 0.15) is 18.3 Å². The van der Waals surface area contributed by atoms with Gasteiger partial charge in [0.05, 0.1) is 13.2 Å². The molecular weight excluding hydrogens is 358 g/mol. The van der Waals surface area contributed by atoms with Crippen molar-refractivity contribution >= 4 is 0 Å². The summed E-state index contributed by atoms with van der Waals surface area (Å²) in [7, 11) is 0. The smallest absolute Gasteiger partial charge is 0.187 e. The van der Waals surface area contributed by atoms with Gasteiger partial charge in [0, 0.05) is 6.54 Å². The highest BCUT2D eigenvalue weighted by Crippen LogP contribution is 2.39. The molecule has 0 bridgehead atoms. The molecule has 0 unspecified atom stereocenters. The van der Waals surface area contributed by atoms with Gasteiger partial charge in [-0.1, -0.05) is 60.7 Å². The average molecular weight is 385 g/mol. The summed E-state index contributed by atoms with van der Waals surface area (Å²) in [5, 5.41) is 11.7. The summed E-state index contributed by atoms with van der Waals surface area (Å²) in [4.78, 5) is 0. The van der Waals surface area contributed by atoms with Gasteiger partial charge in [-0.3, -0.25) is 0 Å². The molecule has 6 heteroatoms. The van der Waals surface area contributed by atoms with Gasteiger partial charge in [-0.15, -0.1) is 0 Å². The predicted molar refractivity (Wildman–Crippen MR) is 102 cm³/mol. The Morgan fingerprint density at radius 2 is 1.54 bits per heavy atom. The van der Waals surface area contributed by atoms with Crippen molar-refractivity contribution in [3.63, 3.8) is 0 Å². The second-order valence-corrected chi connectivity index (χ2v) is 7.74. The molecule has 2 aromatic rings. The number of nitrogens with zero attached hydrogens (tertiary/aromatic N) is 1. The van der Waals surface area contributed by atoms with Crippen LogP contribution in [0.25, 0.3) is 0 Å². The van der Waals surface area contributed by atoms with Gasteiger partial charge < -0.3 is 24.2 Å². The van der Waals surface area contributed by atoms with Crippen molar-refractivity contribution < 1.29 is 24.2 Å². The number of benzene rings is 2. The van der Waals surface area contributed by atoms with Crippen LogP contribution < -0.4 is 0 Å². The number of rotatable bonds is 7. The van der Waals surface area contributed by atoms with Crippen LogP contribution in [0, 0.1) is 0 Å². The van der Waals surface area contributed by atoms with Crippen LogP contribution in [0.15, 0.2) is 60.7 Å². The number of hydroxylamine groups is 2. The van der Waals surface area contributed by atoms with Crippen molar-refractivity contribution in [2.45, 2.75) is 57.4 Å². The molecule has 0 aliphatic carbocycles. The lowest BCUT2D eigenvalue weighted by atomic mass is 10.1. The fourth-order valence-corrected chi connectivity index (χ4v) is 3.74. The first-order valence-corrected chi connectivity index (χ1v) is 9.64. The molecule has 0 amide bonds. The van der Waals surface area contributed by atoms with Crippen LogP contribution >= 0.6 is 0 Å². The van der Waals surface area contributed by atoms with Gasteiger partial charge in [0.25, 0.3) is 0 Å². The highest BCUT2D eigenvalue weighted by molar-refractivity contribution is 5.14. The number of ether oxygens (including phenoxy) is 4. The molecule has 2 aromatic carbocycles. The highest BCUT2D eigenvalue weighted by atomic mass is 16.8. The minimum Gasteiger partial charge on any atom is -0.345 e. The normalized spacial score (nSPS) is 28.6. The fourth-order valence-electron chi connectivity index (χ4n) is 3.74. The Morgan fingerprint density at radius 3 is 2.21 bits per heavy atom. The van der Waals surface area contributed by atoms with Crippen LogP contribution in [0.4, 0.5) is 0 Å². The second-order valence-electron chi connectivity index (χ2n) is 7.74. The SMILES string of the molecule is CC1(C)O[C@@H]2[C@@H](OCc3ccccc3)O[C@H](CN(O)Cc3ccccc3)[C@@H]2O1. The third-order valence-corrected chi connectivity index (χ3v) is 4.96. The Morgan fingerprint density at radius 1 is 0.929 bits per heavy atom. The van der Waals surface area contributed by atoms with E-state index in [1.54, 1.807) is 0 Å². The summed E-state index contributed by atoms with van der Waals surface area (Å²) < 4.78 is 24.2. The Kier molecular flexibility index (Phi) is 5.78. The molecule has 4 rings (SSSR count). The van der Waals surface area contributed by atoms with E-state index in [9.17, 15) is 5.21 Å². The van der Waals surface area contributed by atoms with Crippen LogP contribution in [-0.2, 0) is 32.1 Å². The number of hydrogen-bond acceptors (Lipinski definition) is 6. The minimum atomic E-state index is -0.703. The summed E-state index contributed by atoms with van der Waals surface area (Å²) >= 11 is 0. The van der Waals surface area contributed by atoms with Crippen LogP contribution in [0.2, 0.25) is 0 Å². The van der Waals surface area contributed by atoms with E-state index in [0.29, 0.717) is 19.7 Å². The third-order valence-electron chi connectivity index (χ3n) is 4.96. The van der Waals surface area contributed by atoms with Crippen molar-refractivity contribution in [2.75, 3.05) is 6.54 Å². The first-order chi connectivity index (χ1) is 13.5. The predicted octanol–water partition coefficient (Wildman–Crippen LogP) is 3.34. The third kappa shape index (κ3) is 4.60. The molecule has 0 radical (unpaired) electrons. The summed E-state index contributed by atoms with van der Waals surface area (Å²) in [5.41, 5.74) is 2.09. The lowest BCUT2D eigenvalue weighted by molar-refractivity contribution is -0.245. The van der Waals surface area contributed by atoms with Crippen molar-refractivity contribution in [3.05, 3.63) is 71.8 Å². The van der Waals surface area contributed by atoms with Crippen LogP contribution in [0.5, 0.6) is 0 Å². The van der Waals surface area contributed by atoms with E-state index in [0.717, 1.165) is 11.1 Å². The Hall–Kier alpha value is -1.80. The van der Waals surface area contributed by atoms with Crippen LogP contribution in [-0.4, -0.2) is 47.2 Å². The number of fused-ring (bicyclic) bond motifs is 1. The van der Waals surface area contributed by atoms with E-state index in [1.165, 1.54) is 5.06 Å². The maximum atomic E-state index is 10.4. The Balaban J connectivity index is 1.39. The van der Waals surface area contributed by atoms with Crippen molar-refractivity contribution in [1.29, 1.82) is 0 Å². The van der Waals surface area contributed by atoms with Gasteiger partial charge >= 0.3 is 0 Å². The van der Waals surface area contributed by atoms with E-state index >= 15 is 0 Å². The summed E-state index contributed by atoms with van der Waals surface area (Å²) in [5.74, 6) is -0.703. The highest BCUT2D eigenvalue weighted by Gasteiger charge is 2.56. The molecule has 6 nitrogen and oxygen atoms in total. The maximum absolute atomic E-state index is 10.4. The van der Waals surface area contributed by atoms with E-state index in [1.807, 2.05) is 74.5 Å². The minimum absolute atomic E-state index is 0.291. The van der Waals surface area contributed by atoms with Gasteiger partial charge in [-0.2, -0.15) is 5.06 Å². The van der Waals surface area contributed by atoms with Gasteiger partial charge in [0.15, 0.2) is 12.1 Å². The van der Waals surface area contributed by atoms with Crippen molar-refractivity contribution in [3.8, 4) is 0 Å². The zero-order chi connectivity index (χ0) is 19.6. The standard InChI is InChI=1S/C22H27NO5/c1-22(2)27-19-18(14-23(24)13-16-9-5-3-6-10-16)26-21(20(19)28-22)25-15-17-11-7-4-8-12-17/h3-12,18-21,24H,13-15H2,1-2H3/t18-,19+,20+,21+/m1/s1. The topological polar surface area (TPSA) is 60.4 Å². The molecule has 150 valence electrons. The molecular formula is C22H27NO5. The molecule has 0 saturated carbocycles. The lowest BCUT2D eigenvalue weighted by Gasteiger charge is -2.26. The zero-order valence-electron chi connectivity index (χ0n) is 16.2.